The van der Waals surface area contributed by atoms with Gasteiger partial charge in [-0.15, -0.1) is 0 Å². The van der Waals surface area contributed by atoms with Crippen LogP contribution >= 0.6 is 0 Å². The van der Waals surface area contributed by atoms with E-state index < -0.39 is 0 Å². The second-order valence-electron chi connectivity index (χ2n) is 2.75. The number of para-hydroxylation sites is 1. The van der Waals surface area contributed by atoms with Crippen LogP contribution in [-0.4, -0.2) is 12.0 Å². The zero-order valence-corrected chi connectivity index (χ0v) is 6.94. The number of ether oxygens (including phenoxy) is 1. The number of hydrogen-bond donors (Lipinski definition) is 1. The summed E-state index contributed by atoms with van der Waals surface area (Å²) < 4.78 is 4.66. The maximum Gasteiger partial charge on any atom is 0.337 e. The van der Waals surface area contributed by atoms with E-state index in [0.29, 0.717) is 0 Å². The van der Waals surface area contributed by atoms with Gasteiger partial charge in [0, 0.05) is 5.69 Å². The predicted octanol–water partition coefficient (Wildman–Crippen LogP) is 1.54. The molecule has 1 aliphatic rings. The van der Waals surface area contributed by atoms with E-state index in [-0.39, 0.29) is 12.0 Å². The van der Waals surface area contributed by atoms with Gasteiger partial charge in [-0.1, -0.05) is 18.2 Å². The first-order valence-corrected chi connectivity index (χ1v) is 4.05. The number of anilines is 1. The maximum atomic E-state index is 11.0. The summed E-state index contributed by atoms with van der Waals surface area (Å²) in [7, 11) is 0. The van der Waals surface area contributed by atoms with Crippen LogP contribution in [0.3, 0.4) is 0 Å². The zero-order chi connectivity index (χ0) is 9.10. The van der Waals surface area contributed by atoms with Crippen molar-refractivity contribution in [2.45, 2.75) is 6.04 Å². The van der Waals surface area contributed by atoms with Crippen LogP contribution in [0.4, 0.5) is 5.69 Å². The van der Waals surface area contributed by atoms with E-state index in [9.17, 15) is 4.79 Å². The monoisotopic (exact) mass is 175 g/mol. The molecular formula is C10H9NO2. The van der Waals surface area contributed by atoms with Crippen molar-refractivity contribution in [2.24, 2.45) is 0 Å². The fraction of sp³-hybridized carbons (Fsp3) is 0.100. The second kappa shape index (κ2) is 3.31. The van der Waals surface area contributed by atoms with E-state index in [1.54, 1.807) is 6.08 Å². The van der Waals surface area contributed by atoms with Crippen LogP contribution in [0.15, 0.2) is 42.7 Å². The molecule has 1 aliphatic heterocycles. The number of benzene rings is 1. The fourth-order valence-corrected chi connectivity index (χ4v) is 1.16. The van der Waals surface area contributed by atoms with Crippen molar-refractivity contribution in [1.29, 1.82) is 0 Å². The first kappa shape index (κ1) is 7.86. The number of carbonyl (C=O) groups excluding carboxylic acids is 1. The van der Waals surface area contributed by atoms with Crippen molar-refractivity contribution in [2.75, 3.05) is 5.32 Å². The fourth-order valence-electron chi connectivity index (χ4n) is 1.16. The molecule has 0 saturated carbocycles. The van der Waals surface area contributed by atoms with Gasteiger partial charge in [-0.3, -0.25) is 0 Å². The van der Waals surface area contributed by atoms with Gasteiger partial charge in [-0.05, 0) is 18.2 Å². The van der Waals surface area contributed by atoms with Crippen LogP contribution in [0.5, 0.6) is 0 Å². The Morgan fingerprint density at radius 2 is 2.00 bits per heavy atom. The van der Waals surface area contributed by atoms with Crippen molar-refractivity contribution in [3.63, 3.8) is 0 Å². The Morgan fingerprint density at radius 3 is 2.62 bits per heavy atom. The van der Waals surface area contributed by atoms with E-state index >= 15 is 0 Å². The molecule has 0 radical (unpaired) electrons. The minimum atomic E-state index is -0.345. The van der Waals surface area contributed by atoms with Crippen molar-refractivity contribution in [1.82, 2.24) is 0 Å². The molecule has 1 aromatic rings. The van der Waals surface area contributed by atoms with Crippen LogP contribution in [-0.2, 0) is 9.53 Å². The standard InChI is InChI=1S/C10H9NO2/c12-10-9(6-7-13-10)11-8-4-2-1-3-5-8/h1-7,9,11H. The molecule has 3 nitrogen and oxygen atoms in total. The molecule has 0 saturated heterocycles. The van der Waals surface area contributed by atoms with E-state index in [4.69, 9.17) is 0 Å². The van der Waals surface area contributed by atoms with Gasteiger partial charge in [0.25, 0.3) is 0 Å². The number of cyclic esters (lactones) is 1. The summed E-state index contributed by atoms with van der Waals surface area (Å²) in [5.41, 5.74) is 0.913. The number of nitrogens with one attached hydrogen (secondary N) is 1. The minimum absolute atomic E-state index is 0.260. The molecule has 0 amide bonds. The minimum Gasteiger partial charge on any atom is -0.433 e. The third kappa shape index (κ3) is 1.69. The molecule has 0 spiro atoms. The van der Waals surface area contributed by atoms with Crippen molar-refractivity contribution in [3.05, 3.63) is 42.7 Å². The van der Waals surface area contributed by atoms with Gasteiger partial charge in [0.1, 0.15) is 6.04 Å². The Hall–Kier alpha value is -1.77. The number of hydrogen-bond acceptors (Lipinski definition) is 3. The average Bonchev–Trinajstić information content (AvgIpc) is 2.54. The maximum absolute atomic E-state index is 11.0. The molecule has 1 heterocycles. The van der Waals surface area contributed by atoms with Crippen molar-refractivity contribution >= 4 is 11.7 Å². The Balaban J connectivity index is 2.06. The van der Waals surface area contributed by atoms with E-state index in [0.717, 1.165) is 5.69 Å². The Labute approximate surface area is 76.0 Å². The molecule has 0 fully saturated rings. The molecule has 1 atom stereocenters. The van der Waals surface area contributed by atoms with Gasteiger partial charge in [0.2, 0.25) is 0 Å². The third-order valence-corrected chi connectivity index (χ3v) is 1.81. The van der Waals surface area contributed by atoms with Gasteiger partial charge >= 0.3 is 5.97 Å². The average molecular weight is 175 g/mol. The number of carbonyl (C=O) groups is 1. The molecule has 0 aliphatic carbocycles. The van der Waals surface area contributed by atoms with E-state index in [1.165, 1.54) is 6.26 Å². The van der Waals surface area contributed by atoms with Crippen LogP contribution < -0.4 is 5.32 Å². The van der Waals surface area contributed by atoms with Gasteiger partial charge in [-0.2, -0.15) is 0 Å². The topological polar surface area (TPSA) is 38.3 Å². The summed E-state index contributed by atoms with van der Waals surface area (Å²) in [5, 5.41) is 3.03. The molecule has 1 aromatic carbocycles. The largest absolute Gasteiger partial charge is 0.433 e. The highest BCUT2D eigenvalue weighted by molar-refractivity contribution is 5.84. The summed E-state index contributed by atoms with van der Waals surface area (Å²) in [5.74, 6) is -0.260. The number of rotatable bonds is 2. The molecule has 0 bridgehead atoms. The summed E-state index contributed by atoms with van der Waals surface area (Å²) in [6, 6.07) is 9.20. The van der Waals surface area contributed by atoms with Crippen molar-refractivity contribution in [3.8, 4) is 0 Å². The van der Waals surface area contributed by atoms with Crippen LogP contribution in [0.25, 0.3) is 0 Å². The quantitative estimate of drug-likeness (QED) is 0.693. The Kier molecular flexibility index (Phi) is 2.00. The summed E-state index contributed by atoms with van der Waals surface area (Å²) >= 11 is 0. The lowest BCUT2D eigenvalue weighted by molar-refractivity contribution is -0.136. The van der Waals surface area contributed by atoms with Gasteiger partial charge < -0.3 is 10.1 Å². The van der Waals surface area contributed by atoms with Crippen LogP contribution in [0.2, 0.25) is 0 Å². The first-order chi connectivity index (χ1) is 6.36. The normalized spacial score (nSPS) is 20.0. The lowest BCUT2D eigenvalue weighted by atomic mass is 10.2. The van der Waals surface area contributed by atoms with Gasteiger partial charge in [0.05, 0.1) is 6.26 Å². The first-order valence-electron chi connectivity index (χ1n) is 4.05. The molecule has 3 heteroatoms. The molecule has 2 rings (SSSR count). The van der Waals surface area contributed by atoms with Crippen molar-refractivity contribution < 1.29 is 9.53 Å². The molecule has 66 valence electrons. The summed E-state index contributed by atoms with van der Waals surface area (Å²) in [4.78, 5) is 11.0. The predicted molar refractivity (Wildman–Crippen MR) is 49.1 cm³/mol. The molecule has 13 heavy (non-hydrogen) atoms. The van der Waals surface area contributed by atoms with Gasteiger partial charge in [-0.25, -0.2) is 4.79 Å². The molecule has 1 unspecified atom stereocenters. The molecule has 1 N–H and O–H groups in total. The lowest BCUT2D eigenvalue weighted by Crippen LogP contribution is -2.24. The van der Waals surface area contributed by atoms with Crippen LogP contribution in [0.1, 0.15) is 0 Å². The summed E-state index contributed by atoms with van der Waals surface area (Å²) in [6.07, 6.45) is 3.10. The lowest BCUT2D eigenvalue weighted by Gasteiger charge is -2.08. The number of esters is 1. The zero-order valence-electron chi connectivity index (χ0n) is 6.94. The smallest absolute Gasteiger partial charge is 0.337 e. The molecular weight excluding hydrogens is 166 g/mol. The highest BCUT2D eigenvalue weighted by atomic mass is 16.5. The van der Waals surface area contributed by atoms with Crippen LogP contribution in [0, 0.1) is 0 Å². The Morgan fingerprint density at radius 1 is 1.23 bits per heavy atom. The molecule has 0 aromatic heterocycles. The second-order valence-corrected chi connectivity index (χ2v) is 2.75. The highest BCUT2D eigenvalue weighted by Gasteiger charge is 2.20. The SMILES string of the molecule is O=C1OC=CC1Nc1ccccc1. The van der Waals surface area contributed by atoms with E-state index in [2.05, 4.69) is 10.1 Å². The highest BCUT2D eigenvalue weighted by Crippen LogP contribution is 2.11. The van der Waals surface area contributed by atoms with Gasteiger partial charge in [0.15, 0.2) is 0 Å². The van der Waals surface area contributed by atoms with E-state index in [1.807, 2.05) is 30.3 Å². The third-order valence-electron chi connectivity index (χ3n) is 1.81. The summed E-state index contributed by atoms with van der Waals surface area (Å²) in [6.45, 7) is 0. The Bertz CT molecular complexity index is 332.